The standard InChI is InChI=1S/C11H12N2O4/c1-17-8-2-3-11(13(15)16)10(5-8)9-4-7(9)6-12-14/h2-3,5-7,9,14H,4H2,1H3/t7-,9+/m0/s1. The van der Waals surface area contributed by atoms with E-state index in [0.717, 1.165) is 6.42 Å². The Morgan fingerprint density at radius 3 is 3.00 bits per heavy atom. The molecule has 1 N–H and O–H groups in total. The summed E-state index contributed by atoms with van der Waals surface area (Å²) in [6, 6.07) is 4.69. The number of benzene rings is 1. The molecular weight excluding hydrogens is 224 g/mol. The average Bonchev–Trinajstić information content (AvgIpc) is 3.08. The number of nitrogens with zero attached hydrogens (tertiary/aromatic N) is 2. The first-order valence-corrected chi connectivity index (χ1v) is 5.17. The van der Waals surface area contributed by atoms with Crippen molar-refractivity contribution in [3.63, 3.8) is 0 Å². The summed E-state index contributed by atoms with van der Waals surface area (Å²) >= 11 is 0. The lowest BCUT2D eigenvalue weighted by Gasteiger charge is -2.04. The lowest BCUT2D eigenvalue weighted by Crippen LogP contribution is -1.96. The molecule has 1 fully saturated rings. The molecule has 0 heterocycles. The number of rotatable bonds is 4. The van der Waals surface area contributed by atoms with E-state index >= 15 is 0 Å². The van der Waals surface area contributed by atoms with Crippen LogP contribution in [0.3, 0.4) is 0 Å². The van der Waals surface area contributed by atoms with Gasteiger partial charge in [-0.15, -0.1) is 5.16 Å². The lowest BCUT2D eigenvalue weighted by molar-refractivity contribution is -0.385. The van der Waals surface area contributed by atoms with Gasteiger partial charge >= 0.3 is 0 Å². The summed E-state index contributed by atoms with van der Waals surface area (Å²) in [6.07, 6.45) is 2.17. The van der Waals surface area contributed by atoms with Crippen LogP contribution in [0.2, 0.25) is 0 Å². The van der Waals surface area contributed by atoms with Crippen molar-refractivity contribution in [3.8, 4) is 5.75 Å². The van der Waals surface area contributed by atoms with Gasteiger partial charge in [0.25, 0.3) is 5.69 Å². The highest BCUT2D eigenvalue weighted by Crippen LogP contribution is 2.49. The third-order valence-electron chi connectivity index (χ3n) is 2.93. The molecule has 0 saturated heterocycles. The molecule has 0 bridgehead atoms. The molecule has 0 amide bonds. The normalized spacial score (nSPS) is 22.6. The summed E-state index contributed by atoms with van der Waals surface area (Å²) < 4.78 is 5.06. The molecule has 90 valence electrons. The van der Waals surface area contributed by atoms with E-state index < -0.39 is 4.92 Å². The van der Waals surface area contributed by atoms with Crippen molar-refractivity contribution in [2.24, 2.45) is 11.1 Å². The molecule has 0 spiro atoms. The summed E-state index contributed by atoms with van der Waals surface area (Å²) in [6.45, 7) is 0. The van der Waals surface area contributed by atoms with Gasteiger partial charge in [-0.2, -0.15) is 0 Å². The quantitative estimate of drug-likeness (QED) is 0.375. The molecule has 0 aliphatic heterocycles. The summed E-state index contributed by atoms with van der Waals surface area (Å²) in [5.41, 5.74) is 0.726. The number of nitro benzene ring substituents is 1. The Morgan fingerprint density at radius 2 is 2.41 bits per heavy atom. The molecule has 1 aromatic rings. The van der Waals surface area contributed by atoms with Gasteiger partial charge < -0.3 is 9.94 Å². The summed E-state index contributed by atoms with van der Waals surface area (Å²) in [5.74, 6) is 0.712. The molecule has 0 radical (unpaired) electrons. The number of hydrogen-bond acceptors (Lipinski definition) is 5. The summed E-state index contributed by atoms with van der Waals surface area (Å²) in [5, 5.41) is 22.3. The van der Waals surface area contributed by atoms with Crippen molar-refractivity contribution in [2.45, 2.75) is 12.3 Å². The van der Waals surface area contributed by atoms with Gasteiger partial charge in [-0.25, -0.2) is 0 Å². The second-order valence-corrected chi connectivity index (χ2v) is 3.95. The van der Waals surface area contributed by atoms with Gasteiger partial charge in [0.2, 0.25) is 0 Å². The van der Waals surface area contributed by atoms with E-state index in [1.54, 1.807) is 12.1 Å². The number of oxime groups is 1. The van der Waals surface area contributed by atoms with Gasteiger partial charge in [-0.05, 0) is 24.5 Å². The Hall–Kier alpha value is -2.11. The van der Waals surface area contributed by atoms with Crippen molar-refractivity contribution < 1.29 is 14.9 Å². The number of hydrogen-bond donors (Lipinski definition) is 1. The van der Waals surface area contributed by atoms with Crippen molar-refractivity contribution in [2.75, 3.05) is 7.11 Å². The molecule has 1 saturated carbocycles. The van der Waals surface area contributed by atoms with Gasteiger partial charge in [0.1, 0.15) is 5.75 Å². The maximum absolute atomic E-state index is 10.9. The van der Waals surface area contributed by atoms with Crippen LogP contribution in [0.4, 0.5) is 5.69 Å². The molecule has 0 unspecified atom stereocenters. The van der Waals surface area contributed by atoms with Crippen molar-refractivity contribution in [1.29, 1.82) is 0 Å². The fourth-order valence-corrected chi connectivity index (χ4v) is 1.95. The van der Waals surface area contributed by atoms with Crippen LogP contribution >= 0.6 is 0 Å². The molecule has 1 aliphatic rings. The van der Waals surface area contributed by atoms with Crippen molar-refractivity contribution in [3.05, 3.63) is 33.9 Å². The Morgan fingerprint density at radius 1 is 1.65 bits per heavy atom. The first-order chi connectivity index (χ1) is 8.17. The fraction of sp³-hybridized carbons (Fsp3) is 0.364. The Bertz CT molecular complexity index is 473. The van der Waals surface area contributed by atoms with E-state index in [4.69, 9.17) is 9.94 Å². The monoisotopic (exact) mass is 236 g/mol. The zero-order valence-electron chi connectivity index (χ0n) is 9.24. The van der Waals surface area contributed by atoms with Gasteiger partial charge in [-0.1, -0.05) is 0 Å². The molecule has 6 heteroatoms. The fourth-order valence-electron chi connectivity index (χ4n) is 1.95. The van der Waals surface area contributed by atoms with E-state index in [9.17, 15) is 10.1 Å². The highest BCUT2D eigenvalue weighted by molar-refractivity contribution is 5.68. The lowest BCUT2D eigenvalue weighted by atomic mass is 10.1. The van der Waals surface area contributed by atoms with E-state index in [2.05, 4.69) is 5.16 Å². The van der Waals surface area contributed by atoms with Gasteiger partial charge in [0, 0.05) is 23.8 Å². The zero-order valence-corrected chi connectivity index (χ0v) is 9.24. The zero-order chi connectivity index (χ0) is 12.4. The van der Waals surface area contributed by atoms with Crippen LogP contribution in [-0.2, 0) is 0 Å². The third kappa shape index (κ3) is 2.20. The third-order valence-corrected chi connectivity index (χ3v) is 2.93. The van der Waals surface area contributed by atoms with Crippen molar-refractivity contribution in [1.82, 2.24) is 0 Å². The molecule has 1 aromatic carbocycles. The average molecular weight is 236 g/mol. The smallest absolute Gasteiger partial charge is 0.273 e. The van der Waals surface area contributed by atoms with Crippen LogP contribution in [0.15, 0.2) is 23.4 Å². The molecule has 0 aromatic heterocycles. The highest BCUT2D eigenvalue weighted by atomic mass is 16.6. The largest absolute Gasteiger partial charge is 0.497 e. The van der Waals surface area contributed by atoms with Crippen LogP contribution in [-0.4, -0.2) is 23.5 Å². The number of methoxy groups -OCH3 is 1. The number of ether oxygens (including phenoxy) is 1. The van der Waals surface area contributed by atoms with E-state index in [0.29, 0.717) is 11.3 Å². The topological polar surface area (TPSA) is 85.0 Å². The van der Waals surface area contributed by atoms with Crippen molar-refractivity contribution >= 4 is 11.9 Å². The second-order valence-electron chi connectivity index (χ2n) is 3.95. The molecule has 2 rings (SSSR count). The molecule has 2 atom stereocenters. The van der Waals surface area contributed by atoms with Crippen LogP contribution in [0, 0.1) is 16.0 Å². The maximum atomic E-state index is 10.9. The second kappa shape index (κ2) is 4.40. The molecule has 17 heavy (non-hydrogen) atoms. The Labute approximate surface area is 97.7 Å². The Kier molecular flexibility index (Phi) is 2.95. The highest BCUT2D eigenvalue weighted by Gasteiger charge is 2.41. The van der Waals surface area contributed by atoms with Gasteiger partial charge in [0.15, 0.2) is 0 Å². The van der Waals surface area contributed by atoms with Crippen LogP contribution in [0.1, 0.15) is 17.9 Å². The van der Waals surface area contributed by atoms with Gasteiger partial charge in [-0.3, -0.25) is 10.1 Å². The van der Waals surface area contributed by atoms with E-state index in [-0.39, 0.29) is 17.5 Å². The van der Waals surface area contributed by atoms with E-state index in [1.807, 2.05) is 0 Å². The first kappa shape index (κ1) is 11.4. The maximum Gasteiger partial charge on any atom is 0.273 e. The van der Waals surface area contributed by atoms with Crippen LogP contribution in [0.25, 0.3) is 0 Å². The predicted octanol–water partition coefficient (Wildman–Crippen LogP) is 2.17. The molecule has 1 aliphatic carbocycles. The minimum absolute atomic E-state index is 0.0430. The van der Waals surface area contributed by atoms with Crippen LogP contribution in [0.5, 0.6) is 5.75 Å². The minimum atomic E-state index is -0.403. The van der Waals surface area contributed by atoms with E-state index in [1.165, 1.54) is 19.4 Å². The summed E-state index contributed by atoms with van der Waals surface area (Å²) in [4.78, 5) is 10.5. The number of nitro groups is 1. The summed E-state index contributed by atoms with van der Waals surface area (Å²) in [7, 11) is 1.52. The molecule has 6 nitrogen and oxygen atoms in total. The Balaban J connectivity index is 2.33. The van der Waals surface area contributed by atoms with Gasteiger partial charge in [0.05, 0.1) is 12.0 Å². The molecular formula is C11H12N2O4. The minimum Gasteiger partial charge on any atom is -0.497 e. The SMILES string of the molecule is COc1ccc([N+](=O)[O-])c([C@@H]2C[C@H]2C=NO)c1. The van der Waals surface area contributed by atoms with Crippen LogP contribution < -0.4 is 4.74 Å². The first-order valence-electron chi connectivity index (χ1n) is 5.17. The predicted molar refractivity (Wildman–Crippen MR) is 60.8 cm³/mol.